The molecule has 0 bridgehead atoms. The number of rotatable bonds is 6. The van der Waals surface area contributed by atoms with Gasteiger partial charge in [0.15, 0.2) is 6.61 Å². The summed E-state index contributed by atoms with van der Waals surface area (Å²) in [5.74, 6) is -1.50. The number of esters is 1. The second-order valence-corrected chi connectivity index (χ2v) is 6.76. The maximum Gasteiger partial charge on any atom is 0.342 e. The van der Waals surface area contributed by atoms with E-state index in [-0.39, 0.29) is 16.9 Å². The van der Waals surface area contributed by atoms with Crippen molar-refractivity contribution in [2.45, 2.75) is 0 Å². The summed E-state index contributed by atoms with van der Waals surface area (Å²) in [4.78, 5) is 36.7. The van der Waals surface area contributed by atoms with Crippen molar-refractivity contribution < 1.29 is 28.6 Å². The number of fused-ring (bicyclic) bond motifs is 1. The smallest absolute Gasteiger partial charge is 0.342 e. The van der Waals surface area contributed by atoms with Crippen LogP contribution in [0.1, 0.15) is 20.7 Å². The van der Waals surface area contributed by atoms with Gasteiger partial charge in [0, 0.05) is 5.02 Å². The Morgan fingerprint density at radius 1 is 0.839 bits per heavy atom. The fourth-order valence-corrected chi connectivity index (χ4v) is 3.02. The van der Waals surface area contributed by atoms with Crippen LogP contribution in [0.15, 0.2) is 54.6 Å². The van der Waals surface area contributed by atoms with Crippen molar-refractivity contribution in [3.63, 3.8) is 0 Å². The summed E-state index contributed by atoms with van der Waals surface area (Å²) in [7, 11) is 2.84. The summed E-state index contributed by atoms with van der Waals surface area (Å²) >= 11 is 5.89. The first-order valence-electron chi connectivity index (χ1n) is 9.09. The molecular formula is C22H19ClN2O6. The Morgan fingerprint density at radius 2 is 1.52 bits per heavy atom. The van der Waals surface area contributed by atoms with Crippen LogP contribution in [0.25, 0.3) is 10.8 Å². The van der Waals surface area contributed by atoms with Crippen LogP contribution >= 0.6 is 11.6 Å². The Balaban J connectivity index is 1.60. The maximum atomic E-state index is 12.5. The molecule has 0 unspecified atom stereocenters. The lowest BCUT2D eigenvalue weighted by Gasteiger charge is -2.12. The molecule has 0 aliphatic heterocycles. The summed E-state index contributed by atoms with van der Waals surface area (Å²) in [6.07, 6.45) is 0. The van der Waals surface area contributed by atoms with E-state index >= 15 is 0 Å². The molecule has 0 heterocycles. The highest BCUT2D eigenvalue weighted by molar-refractivity contribution is 6.31. The number of hydrogen-bond acceptors (Lipinski definition) is 6. The zero-order valence-corrected chi connectivity index (χ0v) is 17.5. The van der Waals surface area contributed by atoms with Gasteiger partial charge in [-0.15, -0.1) is 0 Å². The zero-order chi connectivity index (χ0) is 22.4. The van der Waals surface area contributed by atoms with E-state index in [1.807, 2.05) is 24.3 Å². The van der Waals surface area contributed by atoms with E-state index in [9.17, 15) is 14.4 Å². The van der Waals surface area contributed by atoms with E-state index in [2.05, 4.69) is 10.9 Å². The molecule has 0 fully saturated rings. The Bertz CT molecular complexity index is 1150. The number of benzene rings is 3. The molecule has 3 rings (SSSR count). The first-order chi connectivity index (χ1) is 14.9. The minimum atomic E-state index is -0.736. The van der Waals surface area contributed by atoms with Crippen LogP contribution in [0.3, 0.4) is 0 Å². The van der Waals surface area contributed by atoms with Gasteiger partial charge in [0.2, 0.25) is 0 Å². The summed E-state index contributed by atoms with van der Waals surface area (Å²) in [6, 6.07) is 15.3. The molecule has 8 nitrogen and oxygen atoms in total. The molecule has 9 heteroatoms. The number of ether oxygens (including phenoxy) is 3. The van der Waals surface area contributed by atoms with E-state index in [0.717, 1.165) is 10.8 Å². The second kappa shape index (κ2) is 9.82. The fraction of sp³-hybridized carbons (Fsp3) is 0.136. The number of methoxy groups -OCH3 is 2. The first kappa shape index (κ1) is 21.9. The molecule has 0 saturated carbocycles. The predicted molar refractivity (Wildman–Crippen MR) is 114 cm³/mol. The minimum absolute atomic E-state index is 0.133. The quantitative estimate of drug-likeness (QED) is 0.449. The van der Waals surface area contributed by atoms with Gasteiger partial charge in [0.05, 0.1) is 19.8 Å². The third kappa shape index (κ3) is 5.23. The normalized spacial score (nSPS) is 10.3. The third-order valence-corrected chi connectivity index (χ3v) is 4.58. The van der Waals surface area contributed by atoms with Crippen LogP contribution < -0.4 is 20.3 Å². The molecule has 0 aromatic heterocycles. The van der Waals surface area contributed by atoms with Gasteiger partial charge in [0.25, 0.3) is 11.8 Å². The SMILES string of the molecule is COc1ccc(Cl)cc1C(=O)NNC(=O)COC(=O)c1cc2ccccc2cc1OC. The molecule has 0 atom stereocenters. The molecular weight excluding hydrogens is 424 g/mol. The van der Waals surface area contributed by atoms with Crippen molar-refractivity contribution in [1.29, 1.82) is 0 Å². The van der Waals surface area contributed by atoms with Crippen LogP contribution in [0.2, 0.25) is 5.02 Å². The summed E-state index contributed by atoms with van der Waals surface area (Å²) < 4.78 is 15.4. The largest absolute Gasteiger partial charge is 0.496 e. The van der Waals surface area contributed by atoms with E-state index in [1.165, 1.54) is 26.4 Å². The molecule has 0 aliphatic rings. The monoisotopic (exact) mass is 442 g/mol. The van der Waals surface area contributed by atoms with Crippen molar-refractivity contribution >= 4 is 40.2 Å². The maximum absolute atomic E-state index is 12.5. The van der Waals surface area contributed by atoms with Crippen molar-refractivity contribution in [1.82, 2.24) is 10.9 Å². The standard InChI is InChI=1S/C22H19ClN2O6/c1-29-18-8-7-15(23)11-16(18)21(27)25-24-20(26)12-31-22(28)17-9-13-5-3-4-6-14(13)10-19(17)30-2/h3-11H,12H2,1-2H3,(H,24,26)(H,25,27). The summed E-state index contributed by atoms with van der Waals surface area (Å²) in [5.41, 5.74) is 4.70. The highest BCUT2D eigenvalue weighted by Crippen LogP contribution is 2.26. The first-order valence-corrected chi connectivity index (χ1v) is 9.47. The molecule has 0 saturated heterocycles. The molecule has 2 amide bonds. The van der Waals surface area contributed by atoms with Gasteiger partial charge in [-0.25, -0.2) is 4.79 Å². The van der Waals surface area contributed by atoms with Crippen LogP contribution in [0, 0.1) is 0 Å². The minimum Gasteiger partial charge on any atom is -0.496 e. The Labute approximate surface area is 183 Å². The van der Waals surface area contributed by atoms with Gasteiger partial charge < -0.3 is 14.2 Å². The van der Waals surface area contributed by atoms with Gasteiger partial charge in [-0.3, -0.25) is 20.4 Å². The van der Waals surface area contributed by atoms with Crippen LogP contribution in [0.5, 0.6) is 11.5 Å². The van der Waals surface area contributed by atoms with Crippen LogP contribution in [-0.4, -0.2) is 38.6 Å². The Morgan fingerprint density at radius 3 is 2.19 bits per heavy atom. The van der Waals surface area contributed by atoms with Gasteiger partial charge in [-0.2, -0.15) is 0 Å². The van der Waals surface area contributed by atoms with Gasteiger partial charge in [-0.05, 0) is 41.1 Å². The fourth-order valence-electron chi connectivity index (χ4n) is 2.84. The number of halogens is 1. The topological polar surface area (TPSA) is 103 Å². The predicted octanol–water partition coefficient (Wildman–Crippen LogP) is 3.13. The average molecular weight is 443 g/mol. The van der Waals surface area contributed by atoms with E-state index < -0.39 is 24.4 Å². The number of carbonyl (C=O) groups excluding carboxylic acids is 3. The lowest BCUT2D eigenvalue weighted by atomic mass is 10.1. The van der Waals surface area contributed by atoms with E-state index in [0.29, 0.717) is 10.8 Å². The van der Waals surface area contributed by atoms with Crippen molar-refractivity contribution in [2.75, 3.05) is 20.8 Å². The number of hydrogen-bond donors (Lipinski definition) is 2. The molecule has 3 aromatic carbocycles. The van der Waals surface area contributed by atoms with Crippen LogP contribution in [0.4, 0.5) is 0 Å². The molecule has 0 radical (unpaired) electrons. The Kier molecular flexibility index (Phi) is 6.94. The number of nitrogens with one attached hydrogen (secondary N) is 2. The lowest BCUT2D eigenvalue weighted by Crippen LogP contribution is -2.43. The number of hydrazine groups is 1. The van der Waals surface area contributed by atoms with Crippen molar-refractivity contribution in [2.24, 2.45) is 0 Å². The van der Waals surface area contributed by atoms with Gasteiger partial charge >= 0.3 is 5.97 Å². The molecule has 0 aliphatic carbocycles. The molecule has 31 heavy (non-hydrogen) atoms. The van der Waals surface area contributed by atoms with Crippen LogP contribution in [-0.2, 0) is 9.53 Å². The van der Waals surface area contributed by atoms with Crippen molar-refractivity contribution in [3.8, 4) is 11.5 Å². The van der Waals surface area contributed by atoms with E-state index in [4.69, 9.17) is 25.8 Å². The average Bonchev–Trinajstić information content (AvgIpc) is 2.79. The van der Waals surface area contributed by atoms with E-state index in [1.54, 1.807) is 18.2 Å². The highest BCUT2D eigenvalue weighted by atomic mass is 35.5. The highest BCUT2D eigenvalue weighted by Gasteiger charge is 2.18. The second-order valence-electron chi connectivity index (χ2n) is 6.32. The van der Waals surface area contributed by atoms with Gasteiger partial charge in [-0.1, -0.05) is 35.9 Å². The number of carbonyl (C=O) groups is 3. The lowest BCUT2D eigenvalue weighted by molar-refractivity contribution is -0.125. The third-order valence-electron chi connectivity index (χ3n) is 4.34. The van der Waals surface area contributed by atoms with Gasteiger partial charge in [0.1, 0.15) is 17.1 Å². The zero-order valence-electron chi connectivity index (χ0n) is 16.7. The summed E-state index contributed by atoms with van der Waals surface area (Å²) in [6.45, 7) is -0.609. The molecule has 2 N–H and O–H groups in total. The molecule has 0 spiro atoms. The number of amides is 2. The Hall–Kier alpha value is -3.78. The molecule has 3 aromatic rings. The molecule has 160 valence electrons. The van der Waals surface area contributed by atoms with Crippen molar-refractivity contribution in [3.05, 3.63) is 70.7 Å². The summed E-state index contributed by atoms with van der Waals surface area (Å²) in [5, 5.41) is 2.05.